The Labute approximate surface area is 252 Å². The Balaban J connectivity index is 1.41. The van der Waals surface area contributed by atoms with E-state index in [2.05, 4.69) is 133 Å². The highest BCUT2D eigenvalue weighted by Gasteiger charge is 2.28. The maximum absolute atomic E-state index is 5.12. The monoisotopic (exact) mass is 560 g/mol. The second-order valence-electron chi connectivity index (χ2n) is 11.9. The molecule has 0 N–H and O–H groups in total. The van der Waals surface area contributed by atoms with Gasteiger partial charge in [-0.15, -0.1) is 11.3 Å². The van der Waals surface area contributed by atoms with Gasteiger partial charge in [-0.2, -0.15) is 0 Å². The van der Waals surface area contributed by atoms with Crippen LogP contribution in [0.25, 0.3) is 42.6 Å². The molecule has 0 saturated carbocycles. The van der Waals surface area contributed by atoms with Gasteiger partial charge in [-0.05, 0) is 70.9 Å². The minimum atomic E-state index is 0.142. The molecule has 0 bridgehead atoms. The summed E-state index contributed by atoms with van der Waals surface area (Å²) in [6, 6.07) is 33.4. The number of thiophene rings is 1. The van der Waals surface area contributed by atoms with Gasteiger partial charge in [0.05, 0.1) is 11.0 Å². The van der Waals surface area contributed by atoms with Crippen molar-refractivity contribution >= 4 is 65.9 Å². The summed E-state index contributed by atoms with van der Waals surface area (Å²) >= 11 is 1.71. The number of hydrogen-bond donors (Lipinski definition) is 0. The normalized spacial score (nSPS) is 11.6. The fraction of sp³-hybridized carbons (Fsp3) is 0.158. The highest BCUT2D eigenvalue weighted by atomic mass is 32.1. The topological polar surface area (TPSA) is 25.8 Å². The second kappa shape index (κ2) is 10.2. The van der Waals surface area contributed by atoms with Crippen LogP contribution in [-0.2, 0) is 0 Å². The van der Waals surface area contributed by atoms with Crippen LogP contribution in [0.15, 0.2) is 91.0 Å². The number of aromatic nitrogens is 2. The third kappa shape index (κ3) is 4.51. The van der Waals surface area contributed by atoms with E-state index < -0.39 is 0 Å². The van der Waals surface area contributed by atoms with Crippen molar-refractivity contribution in [3.8, 4) is 11.1 Å². The minimum Gasteiger partial charge on any atom is -0.243 e. The molecule has 5 aromatic carbocycles. The van der Waals surface area contributed by atoms with Crippen molar-refractivity contribution in [1.29, 1.82) is 0 Å². The summed E-state index contributed by atoms with van der Waals surface area (Å²) in [5.74, 6) is 0. The zero-order chi connectivity index (χ0) is 29.1. The third-order valence-electron chi connectivity index (χ3n) is 8.59. The van der Waals surface area contributed by atoms with Gasteiger partial charge < -0.3 is 0 Å². The Morgan fingerprint density at radius 2 is 1.17 bits per heavy atom. The maximum Gasteiger partial charge on any atom is 0.242 e. The van der Waals surface area contributed by atoms with E-state index in [0.29, 0.717) is 0 Å². The molecular formula is C38H33BN2S. The third-order valence-corrected chi connectivity index (χ3v) is 9.64. The van der Waals surface area contributed by atoms with Crippen molar-refractivity contribution in [1.82, 2.24) is 9.97 Å². The Hall–Kier alpha value is -4.28. The molecule has 2 aromatic heterocycles. The molecule has 0 aliphatic rings. The van der Waals surface area contributed by atoms with Crippen molar-refractivity contribution in [2.45, 2.75) is 41.5 Å². The van der Waals surface area contributed by atoms with E-state index in [0.717, 1.165) is 26.9 Å². The number of hydrogen-bond acceptors (Lipinski definition) is 3. The van der Waals surface area contributed by atoms with E-state index in [-0.39, 0.29) is 6.71 Å². The molecule has 0 amide bonds. The average molecular weight is 561 g/mol. The predicted octanol–water partition coefficient (Wildman–Crippen LogP) is 8.03. The number of aryl methyl sites for hydroxylation is 6. The summed E-state index contributed by atoms with van der Waals surface area (Å²) < 4.78 is 1.23. The molecule has 0 aliphatic heterocycles. The molecular weight excluding hydrogens is 527 g/mol. The summed E-state index contributed by atoms with van der Waals surface area (Å²) in [6.07, 6.45) is 0. The lowest BCUT2D eigenvalue weighted by Gasteiger charge is -2.25. The lowest BCUT2D eigenvalue weighted by molar-refractivity contribution is 1.34. The van der Waals surface area contributed by atoms with E-state index in [1.54, 1.807) is 11.3 Å². The van der Waals surface area contributed by atoms with E-state index in [9.17, 15) is 0 Å². The van der Waals surface area contributed by atoms with Gasteiger partial charge >= 0.3 is 0 Å². The van der Waals surface area contributed by atoms with Crippen LogP contribution in [0.4, 0.5) is 0 Å². The van der Waals surface area contributed by atoms with Gasteiger partial charge in [-0.1, -0.05) is 123 Å². The molecule has 2 heterocycles. The number of benzene rings is 5. The van der Waals surface area contributed by atoms with Crippen molar-refractivity contribution in [3.05, 3.63) is 124 Å². The average Bonchev–Trinajstić information content (AvgIpc) is 3.31. The Morgan fingerprint density at radius 1 is 0.548 bits per heavy atom. The molecule has 0 unspecified atom stereocenters. The van der Waals surface area contributed by atoms with Gasteiger partial charge in [0.15, 0.2) is 0 Å². The first-order chi connectivity index (χ1) is 20.3. The van der Waals surface area contributed by atoms with Crippen LogP contribution in [0.3, 0.4) is 0 Å². The maximum atomic E-state index is 5.12. The van der Waals surface area contributed by atoms with Gasteiger partial charge in [0.2, 0.25) is 6.71 Å². The largest absolute Gasteiger partial charge is 0.243 e. The highest BCUT2D eigenvalue weighted by molar-refractivity contribution is 7.25. The molecule has 7 rings (SSSR count). The number of nitrogens with zero attached hydrogens (tertiary/aromatic N) is 2. The second-order valence-corrected chi connectivity index (χ2v) is 12.9. The molecule has 0 radical (unpaired) electrons. The lowest BCUT2D eigenvalue weighted by atomic mass is 9.34. The van der Waals surface area contributed by atoms with Crippen LogP contribution in [0, 0.1) is 41.5 Å². The molecule has 7 aromatic rings. The Bertz CT molecular complexity index is 2070. The SMILES string of the molecule is Cc1cc(C)c(B(c2cccc(-c3ccc4nc5sc6ccccc6c5nc4c3)c2)c2c(C)cc(C)cc2C)c(C)c1. The van der Waals surface area contributed by atoms with Crippen molar-refractivity contribution in [3.63, 3.8) is 0 Å². The van der Waals surface area contributed by atoms with Gasteiger partial charge in [-0.25, -0.2) is 9.97 Å². The van der Waals surface area contributed by atoms with Crippen molar-refractivity contribution in [2.24, 2.45) is 0 Å². The summed E-state index contributed by atoms with van der Waals surface area (Å²) in [5, 5.41) is 1.18. The fourth-order valence-electron chi connectivity index (χ4n) is 6.99. The van der Waals surface area contributed by atoms with E-state index in [1.165, 1.54) is 65.4 Å². The minimum absolute atomic E-state index is 0.142. The molecule has 42 heavy (non-hydrogen) atoms. The molecule has 0 aliphatic carbocycles. The lowest BCUT2D eigenvalue weighted by Crippen LogP contribution is -2.55. The van der Waals surface area contributed by atoms with Crippen LogP contribution >= 0.6 is 11.3 Å². The molecule has 0 atom stereocenters. The van der Waals surface area contributed by atoms with Crippen LogP contribution in [0.5, 0.6) is 0 Å². The Morgan fingerprint density at radius 3 is 1.83 bits per heavy atom. The smallest absolute Gasteiger partial charge is 0.242 e. The van der Waals surface area contributed by atoms with Crippen LogP contribution in [0.1, 0.15) is 33.4 Å². The van der Waals surface area contributed by atoms with Crippen molar-refractivity contribution < 1.29 is 0 Å². The predicted molar refractivity (Wildman–Crippen MR) is 184 cm³/mol. The molecule has 0 spiro atoms. The van der Waals surface area contributed by atoms with E-state index in [4.69, 9.17) is 9.97 Å². The van der Waals surface area contributed by atoms with Crippen molar-refractivity contribution in [2.75, 3.05) is 0 Å². The molecule has 0 fully saturated rings. The quantitative estimate of drug-likeness (QED) is 0.204. The van der Waals surface area contributed by atoms with E-state index >= 15 is 0 Å². The van der Waals surface area contributed by atoms with Crippen LogP contribution in [0.2, 0.25) is 0 Å². The van der Waals surface area contributed by atoms with E-state index in [1.807, 2.05) is 0 Å². The van der Waals surface area contributed by atoms with Gasteiger partial charge in [0.25, 0.3) is 0 Å². The Kier molecular flexibility index (Phi) is 6.48. The summed E-state index contributed by atoms with van der Waals surface area (Å²) in [6.45, 7) is 13.6. The fourth-order valence-corrected chi connectivity index (χ4v) is 8.01. The summed E-state index contributed by atoms with van der Waals surface area (Å²) in [4.78, 5) is 11.1. The first kappa shape index (κ1) is 26.6. The van der Waals surface area contributed by atoms with Crippen LogP contribution in [-0.4, -0.2) is 16.7 Å². The first-order valence-corrected chi connectivity index (χ1v) is 15.4. The first-order valence-electron chi connectivity index (χ1n) is 14.6. The number of rotatable bonds is 4. The number of fused-ring (bicyclic) bond motifs is 4. The molecule has 0 saturated heterocycles. The summed E-state index contributed by atoms with van der Waals surface area (Å²) in [5.41, 5.74) is 17.3. The molecule has 4 heteroatoms. The van der Waals surface area contributed by atoms with Crippen LogP contribution < -0.4 is 16.4 Å². The van der Waals surface area contributed by atoms with Gasteiger partial charge in [0, 0.05) is 10.1 Å². The van der Waals surface area contributed by atoms with Gasteiger partial charge in [0.1, 0.15) is 10.3 Å². The standard InChI is InChI=1S/C38H33BN2S/c1-22-16-24(3)35(25(4)17-22)39(36-26(5)18-23(2)19-27(36)6)30-11-9-10-28(20-30)29-14-15-32-33(21-29)40-37-31-12-7-8-13-34(31)42-38(37)41-32/h7-21H,1-6H3. The highest BCUT2D eigenvalue weighted by Crippen LogP contribution is 2.33. The zero-order valence-corrected chi connectivity index (χ0v) is 25.9. The zero-order valence-electron chi connectivity index (χ0n) is 25.0. The molecule has 204 valence electrons. The summed E-state index contributed by atoms with van der Waals surface area (Å²) in [7, 11) is 0. The van der Waals surface area contributed by atoms with Gasteiger partial charge in [-0.3, -0.25) is 0 Å². The molecule has 2 nitrogen and oxygen atoms in total.